The second-order valence-electron chi connectivity index (χ2n) is 5.98. The molecule has 2 rings (SSSR count). The summed E-state index contributed by atoms with van der Waals surface area (Å²) in [6.45, 7) is 3.97. The van der Waals surface area contributed by atoms with E-state index in [1.165, 1.54) is 6.42 Å². The number of rotatable bonds is 6. The maximum absolute atomic E-state index is 10.2. The van der Waals surface area contributed by atoms with Crippen molar-refractivity contribution in [3.63, 3.8) is 0 Å². The minimum Gasteiger partial charge on any atom is -0.391 e. The molecule has 0 aliphatic heterocycles. The second kappa shape index (κ2) is 8.02. The fourth-order valence-corrected chi connectivity index (χ4v) is 3.28. The average Bonchev–Trinajstić information content (AvgIpc) is 2.49. The van der Waals surface area contributed by atoms with Crippen LogP contribution in [0.25, 0.3) is 0 Å². The molecule has 1 aromatic carbocycles. The summed E-state index contributed by atoms with van der Waals surface area (Å²) in [5.41, 5.74) is 2.22. The molecule has 21 heavy (non-hydrogen) atoms. The van der Waals surface area contributed by atoms with Crippen LogP contribution in [0.3, 0.4) is 0 Å². The molecular weight excluding hydrogens is 284 g/mol. The van der Waals surface area contributed by atoms with Crippen LogP contribution in [-0.2, 0) is 6.54 Å². The molecule has 3 nitrogen and oxygen atoms in total. The van der Waals surface area contributed by atoms with E-state index in [4.69, 9.17) is 11.6 Å². The van der Waals surface area contributed by atoms with Gasteiger partial charge in [-0.2, -0.15) is 0 Å². The molecule has 1 aromatic rings. The third-order valence-corrected chi connectivity index (χ3v) is 4.73. The number of nitrogens with one attached hydrogen (secondary N) is 1. The molecular formula is C17H27ClN2O. The number of aliphatic hydroxyl groups is 1. The number of hydrogen-bond acceptors (Lipinski definition) is 3. The van der Waals surface area contributed by atoms with Crippen molar-refractivity contribution in [1.82, 2.24) is 5.32 Å². The van der Waals surface area contributed by atoms with Crippen molar-refractivity contribution in [3.05, 3.63) is 28.8 Å². The monoisotopic (exact) mass is 310 g/mol. The van der Waals surface area contributed by atoms with Gasteiger partial charge >= 0.3 is 0 Å². The van der Waals surface area contributed by atoms with E-state index in [9.17, 15) is 5.11 Å². The number of aliphatic hydroxyl groups excluding tert-OH is 1. The van der Waals surface area contributed by atoms with Gasteiger partial charge in [0.2, 0.25) is 0 Å². The zero-order chi connectivity index (χ0) is 15.2. The lowest BCUT2D eigenvalue weighted by Crippen LogP contribution is -2.43. The molecule has 0 heterocycles. The topological polar surface area (TPSA) is 35.5 Å². The molecule has 0 spiro atoms. The number of likely N-dealkylation sites (N-methyl/N-ethyl adjacent to an activating group) is 1. The predicted molar refractivity (Wildman–Crippen MR) is 90.1 cm³/mol. The summed E-state index contributed by atoms with van der Waals surface area (Å²) in [5, 5.41) is 14.4. The minimum atomic E-state index is -0.228. The summed E-state index contributed by atoms with van der Waals surface area (Å²) >= 11 is 6.40. The van der Waals surface area contributed by atoms with E-state index in [2.05, 4.69) is 36.3 Å². The number of hydrogen-bond donors (Lipinski definition) is 2. The Morgan fingerprint density at radius 2 is 2.10 bits per heavy atom. The maximum Gasteiger partial charge on any atom is 0.0743 e. The molecule has 118 valence electrons. The summed E-state index contributed by atoms with van der Waals surface area (Å²) in [5.74, 6) is 0. The highest BCUT2D eigenvalue weighted by atomic mass is 35.5. The van der Waals surface area contributed by atoms with E-state index in [1.807, 2.05) is 6.07 Å². The zero-order valence-corrected chi connectivity index (χ0v) is 13.9. The molecule has 0 saturated heterocycles. The molecule has 2 unspecified atom stereocenters. The van der Waals surface area contributed by atoms with Crippen LogP contribution in [0, 0.1) is 0 Å². The summed E-state index contributed by atoms with van der Waals surface area (Å²) in [6, 6.07) is 6.42. The smallest absolute Gasteiger partial charge is 0.0743 e. The van der Waals surface area contributed by atoms with Crippen LogP contribution in [0.15, 0.2) is 18.2 Å². The Bertz CT molecular complexity index is 452. The van der Waals surface area contributed by atoms with Crippen LogP contribution >= 0.6 is 11.6 Å². The normalized spacial score (nSPS) is 22.3. The van der Waals surface area contributed by atoms with Gasteiger partial charge in [-0.3, -0.25) is 0 Å². The van der Waals surface area contributed by atoms with E-state index in [0.29, 0.717) is 0 Å². The SMILES string of the molecule is CCCNCc1ccc(N(C)C2CCCCC2O)cc1Cl. The standard InChI is InChI=1S/C17H27ClN2O/c1-3-10-19-12-13-8-9-14(11-15(13)18)20(2)16-6-4-5-7-17(16)21/h8-9,11,16-17,19,21H,3-7,10,12H2,1-2H3. The van der Waals surface area contributed by atoms with Crippen LogP contribution in [-0.4, -0.2) is 30.8 Å². The number of halogens is 1. The number of nitrogens with zero attached hydrogens (tertiary/aromatic N) is 1. The second-order valence-corrected chi connectivity index (χ2v) is 6.39. The van der Waals surface area contributed by atoms with Gasteiger partial charge < -0.3 is 15.3 Å². The lowest BCUT2D eigenvalue weighted by molar-refractivity contribution is 0.106. The molecule has 1 fully saturated rings. The van der Waals surface area contributed by atoms with Crippen molar-refractivity contribution in [3.8, 4) is 0 Å². The van der Waals surface area contributed by atoms with Gasteiger partial charge in [0, 0.05) is 24.3 Å². The van der Waals surface area contributed by atoms with Gasteiger partial charge in [-0.15, -0.1) is 0 Å². The summed E-state index contributed by atoms with van der Waals surface area (Å²) in [7, 11) is 2.06. The first-order valence-electron chi connectivity index (χ1n) is 8.03. The Balaban J connectivity index is 2.04. The molecule has 1 aliphatic rings. The number of anilines is 1. The lowest BCUT2D eigenvalue weighted by atomic mass is 9.91. The highest BCUT2D eigenvalue weighted by Gasteiger charge is 2.26. The van der Waals surface area contributed by atoms with Crippen LogP contribution in [0.1, 0.15) is 44.6 Å². The van der Waals surface area contributed by atoms with E-state index in [0.717, 1.165) is 55.0 Å². The maximum atomic E-state index is 10.2. The first-order valence-corrected chi connectivity index (χ1v) is 8.41. The van der Waals surface area contributed by atoms with E-state index >= 15 is 0 Å². The molecule has 0 radical (unpaired) electrons. The van der Waals surface area contributed by atoms with Gasteiger partial charge in [-0.1, -0.05) is 37.4 Å². The van der Waals surface area contributed by atoms with Gasteiger partial charge in [-0.25, -0.2) is 0 Å². The van der Waals surface area contributed by atoms with Gasteiger partial charge in [-0.05, 0) is 43.5 Å². The molecule has 0 bridgehead atoms. The van der Waals surface area contributed by atoms with Crippen LogP contribution in [0.2, 0.25) is 5.02 Å². The summed E-state index contributed by atoms with van der Waals surface area (Å²) in [6.07, 6.45) is 5.18. The molecule has 1 aliphatic carbocycles. The van der Waals surface area contributed by atoms with Crippen LogP contribution in [0.5, 0.6) is 0 Å². The molecule has 1 saturated carbocycles. The fraction of sp³-hybridized carbons (Fsp3) is 0.647. The van der Waals surface area contributed by atoms with E-state index in [-0.39, 0.29) is 12.1 Å². The first-order chi connectivity index (χ1) is 10.1. The predicted octanol–water partition coefficient (Wildman–Crippen LogP) is 3.58. The zero-order valence-electron chi connectivity index (χ0n) is 13.1. The highest BCUT2D eigenvalue weighted by Crippen LogP contribution is 2.29. The van der Waals surface area contributed by atoms with Crippen LogP contribution < -0.4 is 10.2 Å². The van der Waals surface area contributed by atoms with Gasteiger partial charge in [0.1, 0.15) is 0 Å². The van der Waals surface area contributed by atoms with Gasteiger partial charge in [0.25, 0.3) is 0 Å². The largest absolute Gasteiger partial charge is 0.391 e. The molecule has 2 atom stereocenters. The van der Waals surface area contributed by atoms with Crippen molar-refractivity contribution in [2.75, 3.05) is 18.5 Å². The van der Waals surface area contributed by atoms with Crippen molar-refractivity contribution >= 4 is 17.3 Å². The fourth-order valence-electron chi connectivity index (χ4n) is 3.03. The van der Waals surface area contributed by atoms with Crippen molar-refractivity contribution in [2.24, 2.45) is 0 Å². The quantitative estimate of drug-likeness (QED) is 0.788. The summed E-state index contributed by atoms with van der Waals surface area (Å²) in [4.78, 5) is 2.18. The van der Waals surface area contributed by atoms with Gasteiger partial charge in [0.05, 0.1) is 12.1 Å². The molecule has 0 amide bonds. The van der Waals surface area contributed by atoms with Crippen molar-refractivity contribution < 1.29 is 5.11 Å². The summed E-state index contributed by atoms with van der Waals surface area (Å²) < 4.78 is 0. The molecule has 4 heteroatoms. The van der Waals surface area contributed by atoms with Crippen LogP contribution in [0.4, 0.5) is 5.69 Å². The third-order valence-electron chi connectivity index (χ3n) is 4.38. The Morgan fingerprint density at radius 1 is 1.33 bits per heavy atom. The minimum absolute atomic E-state index is 0.207. The Hall–Kier alpha value is -0.770. The highest BCUT2D eigenvalue weighted by molar-refractivity contribution is 6.31. The lowest BCUT2D eigenvalue weighted by Gasteiger charge is -2.36. The Labute approximate surface area is 133 Å². The third kappa shape index (κ3) is 4.35. The van der Waals surface area contributed by atoms with E-state index < -0.39 is 0 Å². The molecule has 2 N–H and O–H groups in total. The first kappa shape index (κ1) is 16.6. The van der Waals surface area contributed by atoms with E-state index in [1.54, 1.807) is 0 Å². The van der Waals surface area contributed by atoms with Crippen molar-refractivity contribution in [2.45, 2.75) is 57.7 Å². The Morgan fingerprint density at radius 3 is 2.76 bits per heavy atom. The Kier molecular flexibility index (Phi) is 6.34. The number of benzene rings is 1. The average molecular weight is 311 g/mol. The van der Waals surface area contributed by atoms with Crippen molar-refractivity contribution in [1.29, 1.82) is 0 Å². The molecule has 0 aromatic heterocycles. The van der Waals surface area contributed by atoms with Gasteiger partial charge in [0.15, 0.2) is 0 Å².